The lowest BCUT2D eigenvalue weighted by atomic mass is 10.2. The van der Waals surface area contributed by atoms with Gasteiger partial charge in [0.25, 0.3) is 0 Å². The van der Waals surface area contributed by atoms with E-state index in [1.807, 2.05) is 79.7 Å². The molecule has 0 bridgehead atoms. The average molecular weight is 413 g/mol. The quantitative estimate of drug-likeness (QED) is 0.309. The Kier molecular flexibility index (Phi) is 5.70. The lowest BCUT2D eigenvalue weighted by Crippen LogP contribution is -2.25. The van der Waals surface area contributed by atoms with Gasteiger partial charge in [-0.3, -0.25) is 20.5 Å². The van der Waals surface area contributed by atoms with Crippen LogP contribution in [0.25, 0.3) is 0 Å². The summed E-state index contributed by atoms with van der Waals surface area (Å²) >= 11 is 0. The second kappa shape index (κ2) is 8.91. The van der Waals surface area contributed by atoms with Crippen molar-refractivity contribution in [1.82, 2.24) is 9.97 Å². The summed E-state index contributed by atoms with van der Waals surface area (Å²) in [6.45, 7) is 1.95. The molecule has 0 fully saturated rings. The summed E-state index contributed by atoms with van der Waals surface area (Å²) in [7, 11) is 0. The SMILES string of the molecule is Cc1ccc(Oc2ncnc(NN(c3ccccc3)c3ccccc3)c2[N+](=O)[O-])cc1. The first-order valence-corrected chi connectivity index (χ1v) is 9.52. The van der Waals surface area contributed by atoms with Crippen LogP contribution in [0.4, 0.5) is 22.9 Å². The molecule has 0 aliphatic heterocycles. The van der Waals surface area contributed by atoms with Crippen molar-refractivity contribution >= 4 is 22.9 Å². The Bertz CT molecular complexity index is 1130. The molecule has 0 radical (unpaired) electrons. The minimum atomic E-state index is -0.556. The highest BCUT2D eigenvalue weighted by Gasteiger charge is 2.27. The summed E-state index contributed by atoms with van der Waals surface area (Å²) in [5, 5.41) is 13.6. The van der Waals surface area contributed by atoms with Crippen LogP contribution in [-0.4, -0.2) is 14.9 Å². The van der Waals surface area contributed by atoms with Crippen LogP contribution in [0.1, 0.15) is 5.56 Å². The monoisotopic (exact) mass is 413 g/mol. The molecule has 154 valence electrons. The van der Waals surface area contributed by atoms with Crippen LogP contribution >= 0.6 is 0 Å². The zero-order valence-corrected chi connectivity index (χ0v) is 16.7. The Morgan fingerprint density at radius 3 is 2.00 bits per heavy atom. The average Bonchev–Trinajstić information content (AvgIpc) is 2.80. The normalized spacial score (nSPS) is 10.4. The van der Waals surface area contributed by atoms with E-state index in [0.717, 1.165) is 16.9 Å². The fourth-order valence-electron chi connectivity index (χ4n) is 2.94. The number of benzene rings is 3. The number of anilines is 3. The van der Waals surface area contributed by atoms with E-state index < -0.39 is 4.92 Å². The smallest absolute Gasteiger partial charge is 0.374 e. The first-order chi connectivity index (χ1) is 15.1. The van der Waals surface area contributed by atoms with Gasteiger partial charge in [-0.2, -0.15) is 4.98 Å². The zero-order valence-electron chi connectivity index (χ0n) is 16.7. The maximum absolute atomic E-state index is 11.9. The fraction of sp³-hybridized carbons (Fsp3) is 0.0435. The molecule has 8 nitrogen and oxygen atoms in total. The molecule has 0 unspecified atom stereocenters. The van der Waals surface area contributed by atoms with Gasteiger partial charge in [0.15, 0.2) is 0 Å². The van der Waals surface area contributed by atoms with Crippen LogP contribution in [0.5, 0.6) is 11.6 Å². The molecule has 0 spiro atoms. The third-order valence-electron chi connectivity index (χ3n) is 4.45. The number of nitro groups is 1. The van der Waals surface area contributed by atoms with Crippen LogP contribution in [0.3, 0.4) is 0 Å². The maximum Gasteiger partial charge on any atom is 0.374 e. The molecule has 8 heteroatoms. The molecular weight excluding hydrogens is 394 g/mol. The number of rotatable bonds is 7. The van der Waals surface area contributed by atoms with Gasteiger partial charge in [0.05, 0.1) is 16.3 Å². The molecular formula is C23H19N5O3. The van der Waals surface area contributed by atoms with Crippen molar-refractivity contribution < 1.29 is 9.66 Å². The summed E-state index contributed by atoms with van der Waals surface area (Å²) in [5.74, 6) is 0.309. The number of hydrogen-bond acceptors (Lipinski definition) is 7. The van der Waals surface area contributed by atoms with E-state index in [9.17, 15) is 10.1 Å². The summed E-state index contributed by atoms with van der Waals surface area (Å²) in [6, 6.07) is 26.0. The van der Waals surface area contributed by atoms with Crippen molar-refractivity contribution in [3.05, 3.63) is 107 Å². The minimum absolute atomic E-state index is 0.00909. The van der Waals surface area contributed by atoms with Gasteiger partial charge in [0.1, 0.15) is 12.1 Å². The first kappa shape index (κ1) is 19.8. The van der Waals surface area contributed by atoms with Crippen LogP contribution in [-0.2, 0) is 0 Å². The van der Waals surface area contributed by atoms with E-state index in [1.54, 1.807) is 17.1 Å². The number of aromatic nitrogens is 2. The topological polar surface area (TPSA) is 93.4 Å². The van der Waals surface area contributed by atoms with Crippen LogP contribution in [0.15, 0.2) is 91.3 Å². The van der Waals surface area contributed by atoms with E-state index in [-0.39, 0.29) is 17.4 Å². The van der Waals surface area contributed by atoms with Gasteiger partial charge in [0, 0.05) is 0 Å². The molecule has 31 heavy (non-hydrogen) atoms. The first-order valence-electron chi connectivity index (χ1n) is 9.52. The summed E-state index contributed by atoms with van der Waals surface area (Å²) in [5.41, 5.74) is 5.31. The van der Waals surface area contributed by atoms with E-state index in [1.165, 1.54) is 6.33 Å². The number of aryl methyl sites for hydroxylation is 1. The van der Waals surface area contributed by atoms with Gasteiger partial charge >= 0.3 is 11.6 Å². The van der Waals surface area contributed by atoms with Crippen LogP contribution in [0.2, 0.25) is 0 Å². The second-order valence-electron chi connectivity index (χ2n) is 6.67. The van der Waals surface area contributed by atoms with Crippen LogP contribution < -0.4 is 15.2 Å². The number of hydrogen-bond donors (Lipinski definition) is 1. The molecule has 4 aromatic rings. The summed E-state index contributed by atoms with van der Waals surface area (Å²) < 4.78 is 5.71. The standard InChI is InChI=1S/C23H19N5O3/c1-17-12-14-20(15-13-17)31-23-21(28(29)30)22(24-16-25-23)26-27(18-8-4-2-5-9-18)19-10-6-3-7-11-19/h2-16H,1H3,(H,24,25,26). The van der Waals surface area contributed by atoms with Gasteiger partial charge in [-0.15, -0.1) is 0 Å². The summed E-state index contributed by atoms with van der Waals surface area (Å²) in [6.07, 6.45) is 1.23. The van der Waals surface area contributed by atoms with Crippen LogP contribution in [0, 0.1) is 17.0 Å². The minimum Gasteiger partial charge on any atom is -0.434 e. The molecule has 0 aliphatic carbocycles. The fourth-order valence-corrected chi connectivity index (χ4v) is 2.94. The summed E-state index contributed by atoms with van der Waals surface area (Å²) in [4.78, 5) is 19.5. The number of ether oxygens (including phenoxy) is 1. The Balaban J connectivity index is 1.74. The molecule has 0 atom stereocenters. The zero-order chi connectivity index (χ0) is 21.6. The van der Waals surface area contributed by atoms with Gasteiger partial charge in [0.2, 0.25) is 5.82 Å². The van der Waals surface area contributed by atoms with Gasteiger partial charge in [-0.05, 0) is 43.3 Å². The van der Waals surface area contributed by atoms with Crippen molar-refractivity contribution in [2.24, 2.45) is 0 Å². The molecule has 0 aliphatic rings. The third-order valence-corrected chi connectivity index (χ3v) is 4.45. The predicted octanol–water partition coefficient (Wildman–Crippen LogP) is 5.65. The second-order valence-corrected chi connectivity index (χ2v) is 6.67. The highest BCUT2D eigenvalue weighted by Crippen LogP contribution is 2.36. The Labute approximate surface area is 178 Å². The van der Waals surface area contributed by atoms with Crippen molar-refractivity contribution in [2.45, 2.75) is 6.92 Å². The van der Waals surface area contributed by atoms with Gasteiger partial charge in [-0.25, -0.2) is 4.98 Å². The van der Waals surface area contributed by atoms with Gasteiger partial charge in [-0.1, -0.05) is 54.1 Å². The molecule has 3 aromatic carbocycles. The van der Waals surface area contributed by atoms with Gasteiger partial charge < -0.3 is 4.74 Å². The van der Waals surface area contributed by atoms with E-state index in [2.05, 4.69) is 15.4 Å². The maximum atomic E-state index is 11.9. The molecule has 1 N–H and O–H groups in total. The molecule has 4 rings (SSSR count). The molecule has 1 heterocycles. The number of nitrogens with zero attached hydrogens (tertiary/aromatic N) is 4. The highest BCUT2D eigenvalue weighted by atomic mass is 16.6. The Hall–Kier alpha value is -4.46. The number of para-hydroxylation sites is 2. The lowest BCUT2D eigenvalue weighted by molar-refractivity contribution is -0.385. The van der Waals surface area contributed by atoms with E-state index in [4.69, 9.17) is 4.74 Å². The van der Waals surface area contributed by atoms with Crippen molar-refractivity contribution in [2.75, 3.05) is 10.4 Å². The third kappa shape index (κ3) is 4.59. The number of nitrogens with one attached hydrogen (secondary N) is 1. The largest absolute Gasteiger partial charge is 0.434 e. The Morgan fingerprint density at radius 2 is 1.45 bits per heavy atom. The van der Waals surface area contributed by atoms with E-state index >= 15 is 0 Å². The van der Waals surface area contributed by atoms with E-state index in [0.29, 0.717) is 5.75 Å². The molecule has 0 amide bonds. The van der Waals surface area contributed by atoms with Crippen molar-refractivity contribution in [3.8, 4) is 11.6 Å². The molecule has 0 saturated carbocycles. The molecule has 1 aromatic heterocycles. The van der Waals surface area contributed by atoms with Crippen molar-refractivity contribution in [1.29, 1.82) is 0 Å². The Morgan fingerprint density at radius 1 is 0.871 bits per heavy atom. The van der Waals surface area contributed by atoms with Crippen molar-refractivity contribution in [3.63, 3.8) is 0 Å². The lowest BCUT2D eigenvalue weighted by Gasteiger charge is -2.25. The highest BCUT2D eigenvalue weighted by molar-refractivity contribution is 5.71. The number of hydrazine groups is 1. The predicted molar refractivity (Wildman–Crippen MR) is 119 cm³/mol. The molecule has 0 saturated heterocycles.